The first-order valence-corrected chi connectivity index (χ1v) is 6.48. The van der Waals surface area contributed by atoms with E-state index in [1.807, 2.05) is 11.9 Å². The fourth-order valence-electron chi connectivity index (χ4n) is 2.38. The van der Waals surface area contributed by atoms with Gasteiger partial charge in [-0.05, 0) is 30.9 Å². The van der Waals surface area contributed by atoms with Crippen LogP contribution in [0.1, 0.15) is 24.8 Å². The lowest BCUT2D eigenvalue weighted by atomic mass is 9.85. The minimum absolute atomic E-state index is 0.311. The molecule has 0 atom stereocenters. The standard InChI is InChI=1S/C15H18FNO2/c1-17(10-11-4-2-5-11)15-12(8-9-14(18)19)6-3-7-13(15)16/h3,6-9,11H,2,4-5,10H2,1H3,(H,18,19)/b9-8+. The second-order valence-electron chi connectivity index (χ2n) is 5.03. The summed E-state index contributed by atoms with van der Waals surface area (Å²) < 4.78 is 14.0. The summed E-state index contributed by atoms with van der Waals surface area (Å²) in [7, 11) is 1.86. The molecule has 0 aromatic heterocycles. The van der Waals surface area contributed by atoms with Crippen molar-refractivity contribution in [2.24, 2.45) is 5.92 Å². The molecule has 3 nitrogen and oxygen atoms in total. The normalized spacial score (nSPS) is 15.5. The van der Waals surface area contributed by atoms with Crippen molar-refractivity contribution in [3.05, 3.63) is 35.7 Å². The topological polar surface area (TPSA) is 40.5 Å². The molecular formula is C15H18FNO2. The number of para-hydroxylation sites is 1. The number of benzene rings is 1. The molecule has 1 aromatic rings. The predicted octanol–water partition coefficient (Wildman–Crippen LogP) is 3.16. The summed E-state index contributed by atoms with van der Waals surface area (Å²) in [6.45, 7) is 0.814. The predicted molar refractivity (Wildman–Crippen MR) is 73.7 cm³/mol. The Balaban J connectivity index is 2.23. The average molecular weight is 263 g/mol. The van der Waals surface area contributed by atoms with E-state index in [-0.39, 0.29) is 5.82 Å². The second kappa shape index (κ2) is 5.87. The summed E-state index contributed by atoms with van der Waals surface area (Å²) in [6, 6.07) is 4.73. The first-order valence-electron chi connectivity index (χ1n) is 6.48. The van der Waals surface area contributed by atoms with Crippen LogP contribution in [0, 0.1) is 11.7 Å². The van der Waals surface area contributed by atoms with Gasteiger partial charge in [-0.25, -0.2) is 9.18 Å². The quantitative estimate of drug-likeness (QED) is 0.830. The highest BCUT2D eigenvalue weighted by Gasteiger charge is 2.21. The Morgan fingerprint density at radius 1 is 1.53 bits per heavy atom. The molecular weight excluding hydrogens is 245 g/mol. The fraction of sp³-hybridized carbons (Fsp3) is 0.400. The van der Waals surface area contributed by atoms with Gasteiger partial charge in [0.1, 0.15) is 5.82 Å². The zero-order valence-corrected chi connectivity index (χ0v) is 11.0. The summed E-state index contributed by atoms with van der Waals surface area (Å²) in [6.07, 6.45) is 6.12. The van der Waals surface area contributed by atoms with E-state index in [0.717, 1.165) is 12.6 Å². The second-order valence-corrected chi connectivity index (χ2v) is 5.03. The van der Waals surface area contributed by atoms with Crippen LogP contribution in [0.4, 0.5) is 10.1 Å². The number of carbonyl (C=O) groups is 1. The lowest BCUT2D eigenvalue weighted by molar-refractivity contribution is -0.131. The lowest BCUT2D eigenvalue weighted by Gasteiger charge is -2.32. The fourth-order valence-corrected chi connectivity index (χ4v) is 2.38. The van der Waals surface area contributed by atoms with Crippen LogP contribution in [0.3, 0.4) is 0 Å². The van der Waals surface area contributed by atoms with Crippen molar-refractivity contribution in [2.75, 3.05) is 18.5 Å². The van der Waals surface area contributed by atoms with E-state index >= 15 is 0 Å². The molecule has 0 radical (unpaired) electrons. The van der Waals surface area contributed by atoms with E-state index in [1.54, 1.807) is 12.1 Å². The van der Waals surface area contributed by atoms with Gasteiger partial charge < -0.3 is 10.0 Å². The van der Waals surface area contributed by atoms with Gasteiger partial charge in [0, 0.05) is 25.2 Å². The third kappa shape index (κ3) is 3.34. The number of hydrogen-bond acceptors (Lipinski definition) is 2. The number of anilines is 1. The van der Waals surface area contributed by atoms with Crippen LogP contribution in [0.15, 0.2) is 24.3 Å². The molecule has 0 aliphatic heterocycles. The number of carboxylic acids is 1. The molecule has 0 spiro atoms. The molecule has 0 bridgehead atoms. The van der Waals surface area contributed by atoms with Gasteiger partial charge in [0.05, 0.1) is 5.69 Å². The maximum absolute atomic E-state index is 14.0. The molecule has 0 saturated heterocycles. The Morgan fingerprint density at radius 2 is 2.26 bits per heavy atom. The molecule has 1 N–H and O–H groups in total. The average Bonchev–Trinajstić information content (AvgIpc) is 2.31. The van der Waals surface area contributed by atoms with Gasteiger partial charge >= 0.3 is 5.97 Å². The third-order valence-electron chi connectivity index (χ3n) is 3.56. The molecule has 4 heteroatoms. The molecule has 102 valence electrons. The summed E-state index contributed by atoms with van der Waals surface area (Å²) >= 11 is 0. The van der Waals surface area contributed by atoms with Crippen molar-refractivity contribution in [3.8, 4) is 0 Å². The van der Waals surface area contributed by atoms with Crippen molar-refractivity contribution >= 4 is 17.7 Å². The van der Waals surface area contributed by atoms with Gasteiger partial charge in [-0.2, -0.15) is 0 Å². The van der Waals surface area contributed by atoms with E-state index in [1.165, 1.54) is 31.4 Å². The Morgan fingerprint density at radius 3 is 2.84 bits per heavy atom. The molecule has 0 amide bonds. The van der Waals surface area contributed by atoms with Crippen molar-refractivity contribution in [3.63, 3.8) is 0 Å². The van der Waals surface area contributed by atoms with Crippen molar-refractivity contribution < 1.29 is 14.3 Å². The monoisotopic (exact) mass is 263 g/mol. The Bertz CT molecular complexity index is 495. The molecule has 1 fully saturated rings. The number of nitrogens with zero attached hydrogens (tertiary/aromatic N) is 1. The molecule has 1 aliphatic carbocycles. The number of carboxylic acid groups (broad SMARTS) is 1. The number of halogens is 1. The SMILES string of the molecule is CN(CC1CCC1)c1c(F)cccc1/C=C/C(=O)O. The van der Waals surface area contributed by atoms with Crippen molar-refractivity contribution in [2.45, 2.75) is 19.3 Å². The number of hydrogen-bond donors (Lipinski definition) is 1. The van der Waals surface area contributed by atoms with Crippen LogP contribution in [-0.2, 0) is 4.79 Å². The van der Waals surface area contributed by atoms with Crippen LogP contribution in [0.5, 0.6) is 0 Å². The lowest BCUT2D eigenvalue weighted by Crippen LogP contribution is -2.30. The number of aliphatic carboxylic acids is 1. The molecule has 0 heterocycles. The largest absolute Gasteiger partial charge is 0.478 e. The van der Waals surface area contributed by atoms with Crippen molar-refractivity contribution in [1.82, 2.24) is 0 Å². The van der Waals surface area contributed by atoms with Gasteiger partial charge in [0.25, 0.3) is 0 Å². The summed E-state index contributed by atoms with van der Waals surface area (Å²) in [4.78, 5) is 12.5. The highest BCUT2D eigenvalue weighted by molar-refractivity contribution is 5.87. The Hall–Kier alpha value is -1.84. The van der Waals surface area contributed by atoms with Crippen LogP contribution in [0.2, 0.25) is 0 Å². The van der Waals surface area contributed by atoms with Crippen LogP contribution >= 0.6 is 0 Å². The molecule has 1 aromatic carbocycles. The van der Waals surface area contributed by atoms with E-state index in [9.17, 15) is 9.18 Å². The summed E-state index contributed by atoms with van der Waals surface area (Å²) in [5, 5.41) is 8.67. The summed E-state index contributed by atoms with van der Waals surface area (Å²) in [5.74, 6) is -0.716. The van der Waals surface area contributed by atoms with Crippen molar-refractivity contribution in [1.29, 1.82) is 0 Å². The van der Waals surface area contributed by atoms with Crippen LogP contribution in [0.25, 0.3) is 6.08 Å². The first kappa shape index (κ1) is 13.6. The maximum atomic E-state index is 14.0. The summed E-state index contributed by atoms with van der Waals surface area (Å²) in [5.41, 5.74) is 1.08. The Labute approximate surface area is 112 Å². The molecule has 1 saturated carbocycles. The van der Waals surface area contributed by atoms with E-state index in [0.29, 0.717) is 17.2 Å². The zero-order valence-electron chi connectivity index (χ0n) is 11.0. The van der Waals surface area contributed by atoms with Gasteiger partial charge in [-0.3, -0.25) is 0 Å². The molecule has 0 unspecified atom stereocenters. The van der Waals surface area contributed by atoms with Gasteiger partial charge in [0.2, 0.25) is 0 Å². The molecule has 1 aliphatic rings. The van der Waals surface area contributed by atoms with E-state index in [2.05, 4.69) is 0 Å². The number of rotatable bonds is 5. The van der Waals surface area contributed by atoms with E-state index < -0.39 is 5.97 Å². The minimum Gasteiger partial charge on any atom is -0.478 e. The highest BCUT2D eigenvalue weighted by Crippen LogP contribution is 2.31. The smallest absolute Gasteiger partial charge is 0.328 e. The zero-order chi connectivity index (χ0) is 13.8. The maximum Gasteiger partial charge on any atom is 0.328 e. The highest BCUT2D eigenvalue weighted by atomic mass is 19.1. The van der Waals surface area contributed by atoms with E-state index in [4.69, 9.17) is 5.11 Å². The van der Waals surface area contributed by atoms with Gasteiger partial charge in [0.15, 0.2) is 0 Å². The molecule has 2 rings (SSSR count). The van der Waals surface area contributed by atoms with Crippen LogP contribution < -0.4 is 4.90 Å². The molecule has 19 heavy (non-hydrogen) atoms. The van der Waals surface area contributed by atoms with Gasteiger partial charge in [-0.15, -0.1) is 0 Å². The van der Waals surface area contributed by atoms with Crippen LogP contribution in [-0.4, -0.2) is 24.7 Å². The Kier molecular flexibility index (Phi) is 4.20. The first-order chi connectivity index (χ1) is 9.08. The van der Waals surface area contributed by atoms with Gasteiger partial charge in [-0.1, -0.05) is 18.6 Å². The third-order valence-corrected chi connectivity index (χ3v) is 3.56. The minimum atomic E-state index is -1.03.